The van der Waals surface area contributed by atoms with Crippen molar-refractivity contribution in [2.45, 2.75) is 69.4 Å². The van der Waals surface area contributed by atoms with Gasteiger partial charge in [-0.25, -0.2) is 4.98 Å². The zero-order valence-corrected chi connectivity index (χ0v) is 19.5. The summed E-state index contributed by atoms with van der Waals surface area (Å²) in [5, 5.41) is 14.2. The third-order valence-corrected chi connectivity index (χ3v) is 8.87. The molecule has 0 spiro atoms. The van der Waals surface area contributed by atoms with E-state index < -0.39 is 5.60 Å². The van der Waals surface area contributed by atoms with Crippen molar-refractivity contribution < 1.29 is 9.90 Å². The molecule has 2 N–H and O–H groups in total. The normalized spacial score (nSPS) is 33.3. The van der Waals surface area contributed by atoms with Crippen LogP contribution in [0.3, 0.4) is 0 Å². The predicted molar refractivity (Wildman–Crippen MR) is 129 cm³/mol. The molecule has 4 bridgehead atoms. The first-order valence-electron chi connectivity index (χ1n) is 12.8. The van der Waals surface area contributed by atoms with Crippen molar-refractivity contribution in [3.05, 3.63) is 59.3 Å². The van der Waals surface area contributed by atoms with Gasteiger partial charge in [0.15, 0.2) is 0 Å². The highest BCUT2D eigenvalue weighted by molar-refractivity contribution is 5.93. The molecule has 0 radical (unpaired) electrons. The van der Waals surface area contributed by atoms with Gasteiger partial charge in [-0.3, -0.25) is 4.79 Å². The number of nitrogens with zero attached hydrogens (tertiary/aromatic N) is 2. The first-order valence-corrected chi connectivity index (χ1v) is 12.8. The summed E-state index contributed by atoms with van der Waals surface area (Å²) in [6.07, 6.45) is 7.15. The van der Waals surface area contributed by atoms with E-state index in [9.17, 15) is 9.90 Å². The first-order chi connectivity index (χ1) is 16.0. The molecule has 4 saturated carbocycles. The maximum Gasteiger partial charge on any atom is 0.270 e. The highest BCUT2D eigenvalue weighted by Gasteiger charge is 2.55. The molecule has 2 unspecified atom stereocenters. The Bertz CT molecular complexity index is 1010. The molecule has 1 aliphatic heterocycles. The number of hydrogen-bond acceptors (Lipinski definition) is 4. The highest BCUT2D eigenvalue weighted by Crippen LogP contribution is 2.55. The molecule has 5 fully saturated rings. The molecule has 1 saturated heterocycles. The Morgan fingerprint density at radius 1 is 1.03 bits per heavy atom. The lowest BCUT2D eigenvalue weighted by Gasteiger charge is -2.58. The Morgan fingerprint density at radius 3 is 2.39 bits per heavy atom. The number of nitrogens with one attached hydrogen (secondary N) is 1. The smallest absolute Gasteiger partial charge is 0.270 e. The summed E-state index contributed by atoms with van der Waals surface area (Å²) in [6, 6.07) is 14.9. The second-order valence-electron chi connectivity index (χ2n) is 11.2. The number of aromatic nitrogens is 1. The topological polar surface area (TPSA) is 65.5 Å². The van der Waals surface area contributed by atoms with Gasteiger partial charge in [-0.05, 0) is 93.2 Å². The number of hydrogen-bond donors (Lipinski definition) is 2. The number of aliphatic hydroxyl groups is 1. The van der Waals surface area contributed by atoms with E-state index in [1.54, 1.807) is 0 Å². The van der Waals surface area contributed by atoms with Crippen molar-refractivity contribution in [2.24, 2.45) is 17.8 Å². The Balaban J connectivity index is 1.10. The van der Waals surface area contributed by atoms with Gasteiger partial charge in [-0.15, -0.1) is 0 Å². The second kappa shape index (κ2) is 8.12. The number of carbonyl (C=O) groups excluding carboxylic acids is 1. The minimum atomic E-state index is -0.472. The van der Waals surface area contributed by atoms with Gasteiger partial charge in [0.25, 0.3) is 5.91 Å². The summed E-state index contributed by atoms with van der Waals surface area (Å²) >= 11 is 0. The van der Waals surface area contributed by atoms with Crippen LogP contribution in [0, 0.1) is 24.7 Å². The van der Waals surface area contributed by atoms with Gasteiger partial charge in [0, 0.05) is 19.1 Å². The van der Waals surface area contributed by atoms with Crippen molar-refractivity contribution in [3.8, 4) is 0 Å². The quantitative estimate of drug-likeness (QED) is 0.730. The Hall–Kier alpha value is -2.40. The maximum absolute atomic E-state index is 13.2. The van der Waals surface area contributed by atoms with Crippen LogP contribution in [0.4, 0.5) is 5.82 Å². The van der Waals surface area contributed by atoms with Crippen LogP contribution in [0.2, 0.25) is 0 Å². The molecular weight excluding hydrogens is 410 g/mol. The Morgan fingerprint density at radius 2 is 1.73 bits per heavy atom. The molecule has 5 aliphatic rings. The van der Waals surface area contributed by atoms with Crippen LogP contribution in [0.25, 0.3) is 0 Å². The van der Waals surface area contributed by atoms with E-state index >= 15 is 0 Å². The van der Waals surface area contributed by atoms with Crippen molar-refractivity contribution in [1.29, 1.82) is 0 Å². The SMILES string of the molecule is Cc1ccc(C2CCN(c3cccc(C(=O)N[C@H]4C5CC6CC4C[C@](O)(C6)C5)n3)CC2)cc1. The van der Waals surface area contributed by atoms with Crippen LogP contribution in [0.15, 0.2) is 42.5 Å². The average molecular weight is 446 g/mol. The van der Waals surface area contributed by atoms with Gasteiger partial charge < -0.3 is 15.3 Å². The fourth-order valence-corrected chi connectivity index (χ4v) is 7.45. The maximum atomic E-state index is 13.2. The summed E-state index contributed by atoms with van der Waals surface area (Å²) in [4.78, 5) is 20.2. The van der Waals surface area contributed by atoms with Gasteiger partial charge in [-0.2, -0.15) is 0 Å². The summed E-state index contributed by atoms with van der Waals surface area (Å²) in [7, 11) is 0. The van der Waals surface area contributed by atoms with Crippen molar-refractivity contribution in [1.82, 2.24) is 10.3 Å². The van der Waals surface area contributed by atoms with E-state index in [1.807, 2.05) is 18.2 Å². The molecular formula is C28H35N3O2. The summed E-state index contributed by atoms with van der Waals surface area (Å²) in [6.45, 7) is 4.06. The van der Waals surface area contributed by atoms with Crippen LogP contribution in [0.1, 0.15) is 72.5 Å². The zero-order valence-electron chi connectivity index (χ0n) is 19.5. The lowest BCUT2D eigenvalue weighted by molar-refractivity contribution is -0.136. The summed E-state index contributed by atoms with van der Waals surface area (Å²) in [5.74, 6) is 2.91. The molecule has 33 heavy (non-hydrogen) atoms. The molecule has 1 aromatic carbocycles. The Labute approximate surface area is 196 Å². The molecule has 2 aromatic rings. The van der Waals surface area contributed by atoms with E-state index in [4.69, 9.17) is 4.98 Å². The fourth-order valence-electron chi connectivity index (χ4n) is 7.45. The van der Waals surface area contributed by atoms with Gasteiger partial charge in [0.2, 0.25) is 0 Å². The monoisotopic (exact) mass is 445 g/mol. The molecule has 7 rings (SSSR count). The minimum Gasteiger partial charge on any atom is -0.390 e. The lowest BCUT2D eigenvalue weighted by atomic mass is 9.52. The molecule has 2 heterocycles. The molecule has 1 amide bonds. The number of piperidine rings is 1. The largest absolute Gasteiger partial charge is 0.390 e. The van der Waals surface area contributed by atoms with Crippen LogP contribution in [-0.4, -0.2) is 40.7 Å². The zero-order chi connectivity index (χ0) is 22.6. The molecule has 2 atom stereocenters. The Kier molecular flexibility index (Phi) is 5.21. The van der Waals surface area contributed by atoms with Gasteiger partial charge in [-0.1, -0.05) is 35.9 Å². The minimum absolute atomic E-state index is 0.0594. The van der Waals surface area contributed by atoms with Crippen LogP contribution < -0.4 is 10.2 Å². The summed E-state index contributed by atoms with van der Waals surface area (Å²) in [5.41, 5.74) is 2.78. The number of carbonyl (C=O) groups is 1. The average Bonchev–Trinajstić information content (AvgIpc) is 2.81. The lowest BCUT2D eigenvalue weighted by Crippen LogP contribution is -2.61. The first kappa shape index (κ1) is 21.2. The van der Waals surface area contributed by atoms with E-state index in [1.165, 1.54) is 11.1 Å². The predicted octanol–water partition coefficient (Wildman–Crippen LogP) is 4.44. The van der Waals surface area contributed by atoms with Gasteiger partial charge >= 0.3 is 0 Å². The molecule has 5 heteroatoms. The van der Waals surface area contributed by atoms with Crippen LogP contribution >= 0.6 is 0 Å². The van der Waals surface area contributed by atoms with Crippen molar-refractivity contribution in [3.63, 3.8) is 0 Å². The standard InChI is InChI=1S/C28H35N3O2/c1-18-5-7-20(8-6-18)21-9-11-31(12-10-21)25-4-2-3-24(29-25)27(32)30-26-22-13-19-14-23(26)17-28(33,15-19)16-22/h2-8,19,21-23,26,33H,9-17H2,1H3,(H,30,32)/t19?,22?,23?,26-,28-. The second-order valence-corrected chi connectivity index (χ2v) is 11.2. The van der Waals surface area contributed by atoms with Crippen LogP contribution in [-0.2, 0) is 0 Å². The van der Waals surface area contributed by atoms with Gasteiger partial charge in [0.05, 0.1) is 5.60 Å². The third-order valence-electron chi connectivity index (χ3n) is 8.87. The third kappa shape index (κ3) is 4.05. The molecule has 174 valence electrons. The summed E-state index contributed by atoms with van der Waals surface area (Å²) < 4.78 is 0. The van der Waals surface area contributed by atoms with Crippen LogP contribution in [0.5, 0.6) is 0 Å². The van der Waals surface area contributed by atoms with E-state index in [2.05, 4.69) is 41.4 Å². The number of aryl methyl sites for hydroxylation is 1. The number of benzene rings is 1. The van der Waals surface area contributed by atoms with E-state index in [-0.39, 0.29) is 11.9 Å². The van der Waals surface area contributed by atoms with E-state index in [0.717, 1.165) is 63.9 Å². The molecule has 4 aliphatic carbocycles. The number of rotatable bonds is 4. The molecule has 1 aromatic heterocycles. The highest BCUT2D eigenvalue weighted by atomic mass is 16.3. The van der Waals surface area contributed by atoms with Crippen molar-refractivity contribution >= 4 is 11.7 Å². The van der Waals surface area contributed by atoms with Gasteiger partial charge in [0.1, 0.15) is 11.5 Å². The molecule has 5 nitrogen and oxygen atoms in total. The van der Waals surface area contributed by atoms with Crippen molar-refractivity contribution in [2.75, 3.05) is 18.0 Å². The number of pyridine rings is 1. The number of amides is 1. The number of anilines is 1. The van der Waals surface area contributed by atoms with E-state index in [0.29, 0.717) is 29.4 Å². The fraction of sp³-hybridized carbons (Fsp3) is 0.571.